The topological polar surface area (TPSA) is 97.3 Å². The van der Waals surface area contributed by atoms with E-state index in [1.54, 1.807) is 56.5 Å². The SMILES string of the molecule is CCN(Cc1nc(-c2cc3c(Nc4ccc(OCc5cccc(F)c5)c(Br)c4)ncnc3cc2F)cs1)S(=O)(=O)C(C)C. The van der Waals surface area contributed by atoms with E-state index >= 15 is 4.39 Å². The molecule has 3 aromatic carbocycles. The predicted molar refractivity (Wildman–Crippen MR) is 169 cm³/mol. The molecule has 8 nitrogen and oxygen atoms in total. The number of sulfonamides is 1. The summed E-state index contributed by atoms with van der Waals surface area (Å²) >= 11 is 4.80. The fourth-order valence-electron chi connectivity index (χ4n) is 4.33. The Labute approximate surface area is 261 Å². The van der Waals surface area contributed by atoms with Crippen LogP contribution in [0.3, 0.4) is 0 Å². The van der Waals surface area contributed by atoms with Crippen molar-refractivity contribution >= 4 is 59.7 Å². The van der Waals surface area contributed by atoms with Crippen LogP contribution < -0.4 is 10.1 Å². The van der Waals surface area contributed by atoms with Crippen molar-refractivity contribution in [1.82, 2.24) is 19.3 Å². The van der Waals surface area contributed by atoms with Gasteiger partial charge in [0.25, 0.3) is 0 Å². The number of halogens is 3. The minimum absolute atomic E-state index is 0.115. The zero-order valence-corrected chi connectivity index (χ0v) is 26.7. The van der Waals surface area contributed by atoms with E-state index in [2.05, 4.69) is 36.2 Å². The van der Waals surface area contributed by atoms with E-state index in [1.807, 2.05) is 6.07 Å². The van der Waals surface area contributed by atoms with Gasteiger partial charge in [-0.15, -0.1) is 11.3 Å². The molecular weight excluding hydrogens is 660 g/mol. The number of hydrogen-bond donors (Lipinski definition) is 1. The Bertz CT molecular complexity index is 1890. The maximum absolute atomic E-state index is 15.2. The molecule has 0 atom stereocenters. The maximum atomic E-state index is 15.2. The predicted octanol–water partition coefficient (Wildman–Crippen LogP) is 7.68. The maximum Gasteiger partial charge on any atom is 0.216 e. The van der Waals surface area contributed by atoms with E-state index in [0.717, 1.165) is 0 Å². The van der Waals surface area contributed by atoms with Crippen molar-refractivity contribution in [3.8, 4) is 17.0 Å². The van der Waals surface area contributed by atoms with Gasteiger partial charge in [-0.05, 0) is 71.7 Å². The first kappa shape index (κ1) is 30.9. The third-order valence-corrected chi connectivity index (χ3v) is 10.4. The summed E-state index contributed by atoms with van der Waals surface area (Å²) in [5.74, 6) is 0.213. The second-order valence-electron chi connectivity index (χ2n) is 9.91. The minimum atomic E-state index is -3.46. The number of fused-ring (bicyclic) bond motifs is 1. The molecule has 0 spiro atoms. The number of aromatic nitrogens is 3. The van der Waals surface area contributed by atoms with Crippen LogP contribution in [0.2, 0.25) is 0 Å². The number of thiazole rings is 1. The summed E-state index contributed by atoms with van der Waals surface area (Å²) in [4.78, 5) is 13.2. The molecule has 0 bridgehead atoms. The number of rotatable bonds is 11. The summed E-state index contributed by atoms with van der Waals surface area (Å²) in [6, 6.07) is 14.6. The van der Waals surface area contributed by atoms with Crippen LogP contribution in [0, 0.1) is 11.6 Å². The molecule has 2 aromatic heterocycles. The second kappa shape index (κ2) is 13.0. The van der Waals surface area contributed by atoms with Crippen molar-refractivity contribution in [2.24, 2.45) is 0 Å². The third-order valence-electron chi connectivity index (χ3n) is 6.65. The molecular formula is C30H28BrF2N5O3S2. The molecule has 1 N–H and O–H groups in total. The van der Waals surface area contributed by atoms with E-state index in [4.69, 9.17) is 4.74 Å². The monoisotopic (exact) mass is 687 g/mol. The van der Waals surface area contributed by atoms with Crippen LogP contribution >= 0.6 is 27.3 Å². The van der Waals surface area contributed by atoms with Crippen LogP contribution in [0.25, 0.3) is 22.2 Å². The third kappa shape index (κ3) is 7.01. The van der Waals surface area contributed by atoms with E-state index in [-0.39, 0.29) is 24.5 Å². The van der Waals surface area contributed by atoms with Gasteiger partial charge in [0.05, 0.1) is 27.5 Å². The van der Waals surface area contributed by atoms with Gasteiger partial charge < -0.3 is 10.1 Å². The van der Waals surface area contributed by atoms with Gasteiger partial charge >= 0.3 is 0 Å². The Kier molecular flexibility index (Phi) is 9.35. The lowest BCUT2D eigenvalue weighted by atomic mass is 10.1. The molecule has 0 aliphatic carbocycles. The molecule has 0 saturated carbocycles. The fraction of sp³-hybridized carbons (Fsp3) is 0.233. The highest BCUT2D eigenvalue weighted by molar-refractivity contribution is 9.10. The van der Waals surface area contributed by atoms with Crippen molar-refractivity contribution in [2.45, 2.75) is 39.2 Å². The highest BCUT2D eigenvalue weighted by Gasteiger charge is 2.25. The highest BCUT2D eigenvalue weighted by atomic mass is 79.9. The van der Waals surface area contributed by atoms with Crippen LogP contribution in [0.4, 0.5) is 20.3 Å². The average molecular weight is 689 g/mol. The van der Waals surface area contributed by atoms with Crippen molar-refractivity contribution in [3.05, 3.63) is 93.0 Å². The quantitative estimate of drug-likeness (QED) is 0.152. The number of benzene rings is 3. The van der Waals surface area contributed by atoms with Crippen LogP contribution in [0.15, 0.2) is 70.8 Å². The molecule has 0 amide bonds. The van der Waals surface area contributed by atoms with E-state index < -0.39 is 21.1 Å². The van der Waals surface area contributed by atoms with Crippen molar-refractivity contribution in [2.75, 3.05) is 11.9 Å². The van der Waals surface area contributed by atoms with Crippen molar-refractivity contribution < 1.29 is 21.9 Å². The van der Waals surface area contributed by atoms with Crippen molar-refractivity contribution in [3.63, 3.8) is 0 Å². The summed E-state index contributed by atoms with van der Waals surface area (Å²) < 4.78 is 62.0. The molecule has 0 unspecified atom stereocenters. The average Bonchev–Trinajstić information content (AvgIpc) is 3.43. The molecule has 0 saturated heterocycles. The molecule has 0 radical (unpaired) electrons. The first-order valence-electron chi connectivity index (χ1n) is 13.4. The molecule has 2 heterocycles. The number of ether oxygens (including phenoxy) is 1. The van der Waals surface area contributed by atoms with Gasteiger partial charge in [-0.2, -0.15) is 4.31 Å². The van der Waals surface area contributed by atoms with Crippen LogP contribution in [0.1, 0.15) is 31.3 Å². The standard InChI is InChI=1S/C30H28BrF2N5O3S2/c1-4-38(43(39,40)18(2)3)14-29-37-27(16-42-29)22-12-23-26(13-25(22)33)34-17-35-30(23)36-21-8-9-28(24(31)11-21)41-15-19-6-5-7-20(32)10-19/h5-13,16-18H,4,14-15H2,1-3H3,(H,34,35,36). The van der Waals surface area contributed by atoms with Crippen LogP contribution in [0.5, 0.6) is 5.75 Å². The molecule has 0 aliphatic heterocycles. The first-order valence-corrected chi connectivity index (χ1v) is 16.5. The Hall–Kier alpha value is -3.52. The van der Waals surface area contributed by atoms with E-state index in [0.29, 0.717) is 55.4 Å². The van der Waals surface area contributed by atoms with Gasteiger partial charge in [0, 0.05) is 34.6 Å². The van der Waals surface area contributed by atoms with Gasteiger partial charge in [-0.3, -0.25) is 0 Å². The lowest BCUT2D eigenvalue weighted by Crippen LogP contribution is -2.35. The first-order chi connectivity index (χ1) is 20.5. The molecule has 13 heteroatoms. The lowest BCUT2D eigenvalue weighted by Gasteiger charge is -2.21. The summed E-state index contributed by atoms with van der Waals surface area (Å²) in [6.07, 6.45) is 1.35. The summed E-state index contributed by atoms with van der Waals surface area (Å²) in [5.41, 5.74) is 2.46. The normalized spacial score (nSPS) is 11.9. The molecule has 224 valence electrons. The zero-order chi connectivity index (χ0) is 30.7. The lowest BCUT2D eigenvalue weighted by molar-refractivity contribution is 0.303. The Morgan fingerprint density at radius 1 is 1.09 bits per heavy atom. The van der Waals surface area contributed by atoms with Crippen LogP contribution in [-0.2, 0) is 23.2 Å². The molecule has 43 heavy (non-hydrogen) atoms. The Balaban J connectivity index is 1.38. The fourth-order valence-corrected chi connectivity index (χ4v) is 6.97. The molecule has 5 aromatic rings. The summed E-state index contributed by atoms with van der Waals surface area (Å²) in [7, 11) is -3.46. The number of nitrogens with zero attached hydrogens (tertiary/aromatic N) is 4. The number of hydrogen-bond acceptors (Lipinski definition) is 8. The number of anilines is 2. The molecule has 0 aliphatic rings. The van der Waals surface area contributed by atoms with Gasteiger partial charge in [0.1, 0.15) is 41.1 Å². The molecule has 0 fully saturated rings. The Morgan fingerprint density at radius 3 is 2.63 bits per heavy atom. The smallest absolute Gasteiger partial charge is 0.216 e. The second-order valence-corrected chi connectivity index (χ2v) is 14.2. The van der Waals surface area contributed by atoms with Gasteiger partial charge in [-0.1, -0.05) is 19.1 Å². The molecule has 5 rings (SSSR count). The Morgan fingerprint density at radius 2 is 1.91 bits per heavy atom. The highest BCUT2D eigenvalue weighted by Crippen LogP contribution is 2.34. The van der Waals surface area contributed by atoms with Gasteiger partial charge in [0.15, 0.2) is 0 Å². The van der Waals surface area contributed by atoms with Crippen molar-refractivity contribution in [1.29, 1.82) is 0 Å². The summed E-state index contributed by atoms with van der Waals surface area (Å²) in [5, 5.41) is 5.56. The largest absolute Gasteiger partial charge is 0.488 e. The minimum Gasteiger partial charge on any atom is -0.488 e. The van der Waals surface area contributed by atoms with E-state index in [9.17, 15) is 12.8 Å². The van der Waals surface area contributed by atoms with Gasteiger partial charge in [0.2, 0.25) is 10.0 Å². The summed E-state index contributed by atoms with van der Waals surface area (Å²) in [6.45, 7) is 5.68. The number of nitrogens with one attached hydrogen (secondary N) is 1. The van der Waals surface area contributed by atoms with E-state index in [1.165, 1.54) is 40.2 Å². The van der Waals surface area contributed by atoms with Gasteiger partial charge in [-0.25, -0.2) is 32.2 Å². The zero-order valence-electron chi connectivity index (χ0n) is 23.5. The van der Waals surface area contributed by atoms with Crippen LogP contribution in [-0.4, -0.2) is 39.5 Å².